The number of carboxylic acids is 1. The molecule has 2 fully saturated rings. The summed E-state index contributed by atoms with van der Waals surface area (Å²) in [7, 11) is 0. The molecule has 0 aromatic rings. The van der Waals surface area contributed by atoms with E-state index in [0.717, 1.165) is 32.2 Å². The van der Waals surface area contributed by atoms with Gasteiger partial charge in [-0.1, -0.05) is 0 Å². The van der Waals surface area contributed by atoms with Crippen LogP contribution in [0, 0.1) is 5.92 Å². The van der Waals surface area contributed by atoms with Crippen LogP contribution in [0.2, 0.25) is 0 Å². The molecule has 0 bridgehead atoms. The highest BCUT2D eigenvalue weighted by Crippen LogP contribution is 2.29. The van der Waals surface area contributed by atoms with Crippen LogP contribution in [-0.4, -0.2) is 52.6 Å². The van der Waals surface area contributed by atoms with Crippen LogP contribution < -0.4 is 0 Å². The standard InChI is InChI=1S/C13H22N2O3/c1-2-15(11-3-4-11)13(18)14-7-5-10(6-8-14)9-12(16)17/h10-11H,2-9H2,1H3,(H,16,17). The Morgan fingerprint density at radius 3 is 2.28 bits per heavy atom. The van der Waals surface area contributed by atoms with Crippen molar-refractivity contribution in [3.63, 3.8) is 0 Å². The normalized spacial score (nSPS) is 20.8. The largest absolute Gasteiger partial charge is 0.481 e. The van der Waals surface area contributed by atoms with Crippen LogP contribution in [0.5, 0.6) is 0 Å². The Morgan fingerprint density at radius 1 is 1.22 bits per heavy atom. The predicted octanol–water partition coefficient (Wildman–Crippen LogP) is 1.78. The molecule has 1 N–H and O–H groups in total. The quantitative estimate of drug-likeness (QED) is 0.831. The van der Waals surface area contributed by atoms with Gasteiger partial charge in [0, 0.05) is 32.1 Å². The summed E-state index contributed by atoms with van der Waals surface area (Å²) in [4.78, 5) is 26.8. The summed E-state index contributed by atoms with van der Waals surface area (Å²) in [6.45, 7) is 4.21. The first-order chi connectivity index (χ1) is 8.61. The molecule has 0 spiro atoms. The maximum absolute atomic E-state index is 12.3. The second-order valence-corrected chi connectivity index (χ2v) is 5.33. The Labute approximate surface area is 108 Å². The summed E-state index contributed by atoms with van der Waals surface area (Å²) in [5.74, 6) is -0.490. The number of carbonyl (C=O) groups excluding carboxylic acids is 1. The van der Waals surface area contributed by atoms with E-state index < -0.39 is 5.97 Å². The zero-order valence-electron chi connectivity index (χ0n) is 11.0. The molecule has 1 saturated heterocycles. The van der Waals surface area contributed by atoms with Crippen LogP contribution in [0.4, 0.5) is 4.79 Å². The summed E-state index contributed by atoms with van der Waals surface area (Å²) in [6.07, 6.45) is 4.15. The maximum Gasteiger partial charge on any atom is 0.320 e. The number of amides is 2. The van der Waals surface area contributed by atoms with E-state index in [4.69, 9.17) is 5.11 Å². The van der Waals surface area contributed by atoms with Crippen molar-refractivity contribution >= 4 is 12.0 Å². The van der Waals surface area contributed by atoms with Crippen molar-refractivity contribution in [2.24, 2.45) is 5.92 Å². The van der Waals surface area contributed by atoms with Gasteiger partial charge in [-0.15, -0.1) is 0 Å². The molecule has 2 rings (SSSR count). The number of hydrogen-bond donors (Lipinski definition) is 1. The molecular formula is C13H22N2O3. The van der Waals surface area contributed by atoms with Crippen molar-refractivity contribution in [3.05, 3.63) is 0 Å². The molecule has 0 radical (unpaired) electrons. The first-order valence-corrected chi connectivity index (χ1v) is 6.89. The SMILES string of the molecule is CCN(C(=O)N1CCC(CC(=O)O)CC1)C1CC1. The molecule has 2 amide bonds. The van der Waals surface area contributed by atoms with Crippen LogP contribution in [0.3, 0.4) is 0 Å². The molecule has 18 heavy (non-hydrogen) atoms. The van der Waals surface area contributed by atoms with Gasteiger partial charge in [-0.05, 0) is 38.5 Å². The molecule has 1 aliphatic heterocycles. The van der Waals surface area contributed by atoms with Gasteiger partial charge in [0.25, 0.3) is 0 Å². The Kier molecular flexibility index (Phi) is 4.09. The van der Waals surface area contributed by atoms with Gasteiger partial charge in [0.1, 0.15) is 0 Å². The maximum atomic E-state index is 12.3. The molecule has 2 aliphatic rings. The molecular weight excluding hydrogens is 232 g/mol. The molecule has 1 aliphatic carbocycles. The van der Waals surface area contributed by atoms with Gasteiger partial charge in [-0.2, -0.15) is 0 Å². The third kappa shape index (κ3) is 3.15. The fraction of sp³-hybridized carbons (Fsp3) is 0.846. The summed E-state index contributed by atoms with van der Waals surface area (Å²) < 4.78 is 0. The average Bonchev–Trinajstić information content (AvgIpc) is 3.14. The minimum Gasteiger partial charge on any atom is -0.481 e. The van der Waals surface area contributed by atoms with Gasteiger partial charge >= 0.3 is 12.0 Å². The summed E-state index contributed by atoms with van der Waals surface area (Å²) >= 11 is 0. The molecule has 0 unspecified atom stereocenters. The summed E-state index contributed by atoms with van der Waals surface area (Å²) in [6, 6.07) is 0.605. The minimum absolute atomic E-state index is 0.147. The third-order valence-corrected chi connectivity index (χ3v) is 3.92. The number of carboxylic acid groups (broad SMARTS) is 1. The fourth-order valence-corrected chi connectivity index (χ4v) is 2.69. The monoisotopic (exact) mass is 254 g/mol. The minimum atomic E-state index is -0.729. The van der Waals surface area contributed by atoms with Crippen molar-refractivity contribution in [2.75, 3.05) is 19.6 Å². The van der Waals surface area contributed by atoms with Crippen molar-refractivity contribution in [2.45, 2.75) is 45.1 Å². The Hall–Kier alpha value is -1.26. The number of aliphatic carboxylic acids is 1. The van der Waals surface area contributed by atoms with Crippen LogP contribution >= 0.6 is 0 Å². The lowest BCUT2D eigenvalue weighted by molar-refractivity contribution is -0.138. The van der Waals surface area contributed by atoms with Crippen LogP contribution in [0.15, 0.2) is 0 Å². The Balaban J connectivity index is 1.81. The van der Waals surface area contributed by atoms with Crippen molar-refractivity contribution in [1.82, 2.24) is 9.80 Å². The second kappa shape index (κ2) is 5.59. The highest BCUT2D eigenvalue weighted by atomic mass is 16.4. The number of rotatable bonds is 4. The molecule has 0 aromatic carbocycles. The zero-order chi connectivity index (χ0) is 13.1. The fourth-order valence-electron chi connectivity index (χ4n) is 2.69. The number of likely N-dealkylation sites (tertiary alicyclic amines) is 1. The third-order valence-electron chi connectivity index (χ3n) is 3.92. The molecule has 1 heterocycles. The van der Waals surface area contributed by atoms with E-state index in [2.05, 4.69) is 0 Å². The summed E-state index contributed by atoms with van der Waals surface area (Å²) in [5, 5.41) is 8.76. The molecule has 0 aromatic heterocycles. The van der Waals surface area contributed by atoms with E-state index in [1.54, 1.807) is 0 Å². The lowest BCUT2D eigenvalue weighted by Crippen LogP contribution is -2.47. The Bertz CT molecular complexity index is 320. The van der Waals surface area contributed by atoms with E-state index in [1.807, 2.05) is 16.7 Å². The van der Waals surface area contributed by atoms with Gasteiger partial charge in [-0.25, -0.2) is 4.79 Å². The molecule has 102 valence electrons. The van der Waals surface area contributed by atoms with Crippen molar-refractivity contribution < 1.29 is 14.7 Å². The van der Waals surface area contributed by atoms with E-state index in [1.165, 1.54) is 0 Å². The average molecular weight is 254 g/mol. The predicted molar refractivity (Wildman–Crippen MR) is 67.3 cm³/mol. The van der Waals surface area contributed by atoms with Crippen molar-refractivity contribution in [3.8, 4) is 0 Å². The van der Waals surface area contributed by atoms with Gasteiger partial charge < -0.3 is 14.9 Å². The second-order valence-electron chi connectivity index (χ2n) is 5.33. The van der Waals surface area contributed by atoms with E-state index in [0.29, 0.717) is 19.1 Å². The van der Waals surface area contributed by atoms with E-state index >= 15 is 0 Å². The molecule has 5 heteroatoms. The molecule has 5 nitrogen and oxygen atoms in total. The van der Waals surface area contributed by atoms with Gasteiger partial charge in [-0.3, -0.25) is 4.79 Å². The van der Waals surface area contributed by atoms with E-state index in [-0.39, 0.29) is 18.4 Å². The van der Waals surface area contributed by atoms with Crippen LogP contribution in [0.1, 0.15) is 39.0 Å². The highest BCUT2D eigenvalue weighted by molar-refractivity contribution is 5.75. The lowest BCUT2D eigenvalue weighted by Gasteiger charge is -2.35. The topological polar surface area (TPSA) is 60.9 Å². The summed E-state index contributed by atoms with van der Waals surface area (Å²) in [5.41, 5.74) is 0. The molecule has 1 saturated carbocycles. The van der Waals surface area contributed by atoms with Crippen molar-refractivity contribution in [1.29, 1.82) is 0 Å². The lowest BCUT2D eigenvalue weighted by atomic mass is 9.94. The van der Waals surface area contributed by atoms with Gasteiger partial charge in [0.15, 0.2) is 0 Å². The van der Waals surface area contributed by atoms with Gasteiger partial charge in [0.2, 0.25) is 0 Å². The highest BCUT2D eigenvalue weighted by Gasteiger charge is 2.35. The zero-order valence-corrected chi connectivity index (χ0v) is 11.0. The molecule has 0 atom stereocenters. The smallest absolute Gasteiger partial charge is 0.320 e. The van der Waals surface area contributed by atoms with Gasteiger partial charge in [0.05, 0.1) is 0 Å². The van der Waals surface area contributed by atoms with Crippen LogP contribution in [-0.2, 0) is 4.79 Å². The van der Waals surface area contributed by atoms with Crippen LogP contribution in [0.25, 0.3) is 0 Å². The number of urea groups is 1. The first kappa shape index (κ1) is 13.2. The van der Waals surface area contributed by atoms with E-state index in [9.17, 15) is 9.59 Å². The first-order valence-electron chi connectivity index (χ1n) is 6.89. The number of hydrogen-bond acceptors (Lipinski definition) is 2. The number of piperidine rings is 1. The number of carbonyl (C=O) groups is 2. The number of nitrogens with zero attached hydrogens (tertiary/aromatic N) is 2. The Morgan fingerprint density at radius 2 is 1.83 bits per heavy atom.